The lowest BCUT2D eigenvalue weighted by molar-refractivity contribution is -0.123. The van der Waals surface area contributed by atoms with Crippen LogP contribution in [0.25, 0.3) is 0 Å². The minimum Gasteiger partial charge on any atom is -0.479 e. The Labute approximate surface area is 147 Å². The van der Waals surface area contributed by atoms with Gasteiger partial charge in [-0.1, -0.05) is 35.9 Å². The SMILES string of the molecule is Cc1ccc(CCC(=O)NCc2ccc3c(c2)NC(=O)C(C)O3)cc1. The first-order valence-corrected chi connectivity index (χ1v) is 8.44. The summed E-state index contributed by atoms with van der Waals surface area (Å²) in [6.45, 7) is 4.18. The summed E-state index contributed by atoms with van der Waals surface area (Å²) in [6, 6.07) is 13.8. The van der Waals surface area contributed by atoms with Crippen LogP contribution in [0.4, 0.5) is 5.69 Å². The molecule has 0 saturated heterocycles. The van der Waals surface area contributed by atoms with Crippen molar-refractivity contribution in [2.45, 2.75) is 39.3 Å². The molecule has 2 aromatic rings. The molecule has 1 unspecified atom stereocenters. The summed E-state index contributed by atoms with van der Waals surface area (Å²) >= 11 is 0. The number of hydrogen-bond acceptors (Lipinski definition) is 3. The van der Waals surface area contributed by atoms with E-state index in [1.165, 1.54) is 5.56 Å². The lowest BCUT2D eigenvalue weighted by atomic mass is 10.1. The maximum absolute atomic E-state index is 12.0. The molecular weight excluding hydrogens is 316 g/mol. The molecule has 0 saturated carbocycles. The fraction of sp³-hybridized carbons (Fsp3) is 0.300. The van der Waals surface area contributed by atoms with Crippen LogP contribution in [0, 0.1) is 6.92 Å². The number of benzene rings is 2. The van der Waals surface area contributed by atoms with Crippen molar-refractivity contribution in [3.8, 4) is 5.75 Å². The van der Waals surface area contributed by atoms with Crippen LogP contribution >= 0.6 is 0 Å². The lowest BCUT2D eigenvalue weighted by Gasteiger charge is -2.23. The third-order valence-electron chi connectivity index (χ3n) is 4.23. The van der Waals surface area contributed by atoms with Gasteiger partial charge in [0, 0.05) is 13.0 Å². The average molecular weight is 338 g/mol. The van der Waals surface area contributed by atoms with Gasteiger partial charge in [-0.25, -0.2) is 0 Å². The molecule has 25 heavy (non-hydrogen) atoms. The van der Waals surface area contributed by atoms with Gasteiger partial charge in [-0.3, -0.25) is 9.59 Å². The average Bonchev–Trinajstić information content (AvgIpc) is 2.60. The zero-order valence-corrected chi connectivity index (χ0v) is 14.5. The molecule has 1 heterocycles. The standard InChI is InChI=1S/C20H22N2O3/c1-13-3-5-15(6-4-13)8-10-19(23)21-12-16-7-9-18-17(11-16)22-20(24)14(2)25-18/h3-7,9,11,14H,8,10,12H2,1-2H3,(H,21,23)(H,22,24). The van der Waals surface area contributed by atoms with Gasteiger partial charge in [-0.2, -0.15) is 0 Å². The lowest BCUT2D eigenvalue weighted by Crippen LogP contribution is -2.34. The first-order chi connectivity index (χ1) is 12.0. The van der Waals surface area contributed by atoms with Crippen molar-refractivity contribution in [2.75, 3.05) is 5.32 Å². The predicted molar refractivity (Wildman–Crippen MR) is 96.5 cm³/mol. The maximum Gasteiger partial charge on any atom is 0.265 e. The number of carbonyl (C=O) groups is 2. The number of ether oxygens (including phenoxy) is 1. The molecule has 0 fully saturated rings. The van der Waals surface area contributed by atoms with Crippen LogP contribution in [0.1, 0.15) is 30.0 Å². The number of amides is 2. The van der Waals surface area contributed by atoms with Gasteiger partial charge in [0.1, 0.15) is 5.75 Å². The van der Waals surface area contributed by atoms with Crippen molar-refractivity contribution >= 4 is 17.5 Å². The maximum atomic E-state index is 12.0. The normalized spacial score (nSPS) is 15.8. The zero-order chi connectivity index (χ0) is 17.8. The van der Waals surface area contributed by atoms with Gasteiger partial charge < -0.3 is 15.4 Å². The summed E-state index contributed by atoms with van der Waals surface area (Å²) in [5.41, 5.74) is 3.94. The van der Waals surface area contributed by atoms with E-state index in [2.05, 4.69) is 34.9 Å². The van der Waals surface area contributed by atoms with Gasteiger partial charge in [0.15, 0.2) is 6.10 Å². The Hall–Kier alpha value is -2.82. The van der Waals surface area contributed by atoms with Crippen molar-refractivity contribution in [3.05, 3.63) is 59.2 Å². The minimum absolute atomic E-state index is 0.00667. The summed E-state index contributed by atoms with van der Waals surface area (Å²) in [5.74, 6) is 0.500. The monoisotopic (exact) mass is 338 g/mol. The Kier molecular flexibility index (Phi) is 5.03. The molecule has 1 aliphatic heterocycles. The highest BCUT2D eigenvalue weighted by atomic mass is 16.5. The van der Waals surface area contributed by atoms with Crippen molar-refractivity contribution in [3.63, 3.8) is 0 Å². The Morgan fingerprint density at radius 1 is 1.16 bits per heavy atom. The van der Waals surface area contributed by atoms with E-state index >= 15 is 0 Å². The topological polar surface area (TPSA) is 67.4 Å². The predicted octanol–water partition coefficient (Wildman–Crippen LogP) is 2.96. The van der Waals surface area contributed by atoms with Gasteiger partial charge in [-0.05, 0) is 43.5 Å². The highest BCUT2D eigenvalue weighted by Crippen LogP contribution is 2.30. The third kappa shape index (κ3) is 4.38. The second-order valence-corrected chi connectivity index (χ2v) is 6.34. The van der Waals surface area contributed by atoms with E-state index in [4.69, 9.17) is 4.74 Å². The number of anilines is 1. The minimum atomic E-state index is -0.486. The molecule has 130 valence electrons. The molecule has 2 N–H and O–H groups in total. The molecule has 1 atom stereocenters. The van der Waals surface area contributed by atoms with Crippen molar-refractivity contribution in [1.82, 2.24) is 5.32 Å². The van der Waals surface area contributed by atoms with Crippen molar-refractivity contribution < 1.29 is 14.3 Å². The van der Waals surface area contributed by atoms with Crippen molar-refractivity contribution in [1.29, 1.82) is 0 Å². The summed E-state index contributed by atoms with van der Waals surface area (Å²) < 4.78 is 5.52. The summed E-state index contributed by atoms with van der Waals surface area (Å²) in [6.07, 6.45) is 0.684. The van der Waals surface area contributed by atoms with E-state index in [0.717, 1.165) is 17.5 Å². The van der Waals surface area contributed by atoms with E-state index in [1.54, 1.807) is 6.92 Å². The molecular formula is C20H22N2O3. The second kappa shape index (κ2) is 7.38. The van der Waals surface area contributed by atoms with Crippen LogP contribution in [-0.2, 0) is 22.6 Å². The quantitative estimate of drug-likeness (QED) is 0.881. The van der Waals surface area contributed by atoms with Gasteiger partial charge >= 0.3 is 0 Å². The molecule has 0 radical (unpaired) electrons. The van der Waals surface area contributed by atoms with E-state index in [9.17, 15) is 9.59 Å². The Balaban J connectivity index is 1.51. The van der Waals surface area contributed by atoms with Crippen LogP contribution in [-0.4, -0.2) is 17.9 Å². The number of rotatable bonds is 5. The molecule has 3 rings (SSSR count). The van der Waals surface area contributed by atoms with Crippen LogP contribution < -0.4 is 15.4 Å². The van der Waals surface area contributed by atoms with Crippen LogP contribution in [0.3, 0.4) is 0 Å². The number of carbonyl (C=O) groups excluding carboxylic acids is 2. The molecule has 0 aromatic heterocycles. The number of aryl methyl sites for hydroxylation is 2. The number of hydrogen-bond donors (Lipinski definition) is 2. The third-order valence-corrected chi connectivity index (χ3v) is 4.23. The fourth-order valence-corrected chi connectivity index (χ4v) is 2.67. The Morgan fingerprint density at radius 3 is 2.64 bits per heavy atom. The first-order valence-electron chi connectivity index (χ1n) is 8.44. The van der Waals surface area contributed by atoms with Gasteiger partial charge in [0.05, 0.1) is 5.69 Å². The Bertz CT molecular complexity index is 784. The van der Waals surface area contributed by atoms with E-state index in [-0.39, 0.29) is 11.8 Å². The largest absolute Gasteiger partial charge is 0.479 e. The Morgan fingerprint density at radius 2 is 1.88 bits per heavy atom. The second-order valence-electron chi connectivity index (χ2n) is 6.34. The molecule has 0 spiro atoms. The van der Waals surface area contributed by atoms with Gasteiger partial charge in [0.25, 0.3) is 5.91 Å². The van der Waals surface area contributed by atoms with Crippen LogP contribution in [0.5, 0.6) is 5.75 Å². The van der Waals surface area contributed by atoms with Crippen molar-refractivity contribution in [2.24, 2.45) is 0 Å². The molecule has 1 aliphatic rings. The summed E-state index contributed by atoms with van der Waals surface area (Å²) in [5, 5.41) is 5.73. The molecule has 0 bridgehead atoms. The van der Waals surface area contributed by atoms with Crippen LogP contribution in [0.15, 0.2) is 42.5 Å². The molecule has 2 aromatic carbocycles. The molecule has 5 heteroatoms. The fourth-order valence-electron chi connectivity index (χ4n) is 2.67. The van der Waals surface area contributed by atoms with Gasteiger partial charge in [-0.15, -0.1) is 0 Å². The van der Waals surface area contributed by atoms with E-state index in [0.29, 0.717) is 24.4 Å². The highest BCUT2D eigenvalue weighted by Gasteiger charge is 2.23. The van der Waals surface area contributed by atoms with E-state index < -0.39 is 6.10 Å². The van der Waals surface area contributed by atoms with E-state index in [1.807, 2.05) is 25.1 Å². The smallest absolute Gasteiger partial charge is 0.265 e. The van der Waals surface area contributed by atoms with Crippen LogP contribution in [0.2, 0.25) is 0 Å². The number of nitrogens with one attached hydrogen (secondary N) is 2. The highest BCUT2D eigenvalue weighted by molar-refractivity contribution is 5.97. The molecule has 0 aliphatic carbocycles. The zero-order valence-electron chi connectivity index (χ0n) is 14.5. The molecule has 5 nitrogen and oxygen atoms in total. The summed E-state index contributed by atoms with van der Waals surface area (Å²) in [4.78, 5) is 23.7. The number of fused-ring (bicyclic) bond motifs is 1. The molecule has 2 amide bonds. The summed E-state index contributed by atoms with van der Waals surface area (Å²) in [7, 11) is 0. The van der Waals surface area contributed by atoms with Gasteiger partial charge in [0.2, 0.25) is 5.91 Å². The first kappa shape index (κ1) is 17.0.